The maximum Gasteiger partial charge on any atom is 0.304 e. The largest absolute Gasteiger partial charge is 0.446 e. The zero-order chi connectivity index (χ0) is 12.6. The number of carbonyl (C=O) groups is 1. The second kappa shape index (κ2) is 7.29. The van der Waals surface area contributed by atoms with E-state index in [9.17, 15) is 4.79 Å². The van der Waals surface area contributed by atoms with Crippen LogP contribution in [-0.2, 0) is 9.53 Å². The number of nitrogens with zero attached hydrogens (tertiary/aromatic N) is 1. The molecule has 0 fully saturated rings. The predicted octanol–water partition coefficient (Wildman–Crippen LogP) is 2.06. The van der Waals surface area contributed by atoms with Crippen LogP contribution in [0.15, 0.2) is 0 Å². The Morgan fingerprint density at radius 1 is 1.31 bits per heavy atom. The highest BCUT2D eigenvalue weighted by Crippen LogP contribution is 2.13. The van der Waals surface area contributed by atoms with E-state index in [0.717, 1.165) is 19.6 Å². The predicted molar refractivity (Wildman–Crippen MR) is 66.0 cm³/mol. The molecule has 0 unspecified atom stereocenters. The molecule has 0 aliphatic rings. The van der Waals surface area contributed by atoms with Gasteiger partial charge in [0, 0.05) is 6.92 Å². The molecule has 0 saturated carbocycles. The van der Waals surface area contributed by atoms with Crippen LogP contribution in [0.2, 0.25) is 0 Å². The standard InChI is InChI=1S/C13H23NO2/c1-6-13(5,16-12(4)15)10-9-11-14(7-2)8-3/h6-8,11H2,1-5H3/t13-/m1/s1. The van der Waals surface area contributed by atoms with E-state index in [1.54, 1.807) is 0 Å². The van der Waals surface area contributed by atoms with E-state index in [0.29, 0.717) is 6.42 Å². The molecule has 3 heteroatoms. The minimum Gasteiger partial charge on any atom is -0.446 e. The molecule has 1 atom stereocenters. The maximum absolute atomic E-state index is 10.9. The van der Waals surface area contributed by atoms with E-state index in [2.05, 4.69) is 30.6 Å². The number of rotatable bonds is 5. The van der Waals surface area contributed by atoms with Crippen molar-refractivity contribution >= 4 is 5.97 Å². The molecule has 0 aromatic carbocycles. The number of ether oxygens (including phenoxy) is 1. The third-order valence-electron chi connectivity index (χ3n) is 2.59. The Balaban J connectivity index is 4.40. The first-order valence-corrected chi connectivity index (χ1v) is 5.89. The van der Waals surface area contributed by atoms with Crippen molar-refractivity contribution in [2.75, 3.05) is 19.6 Å². The highest BCUT2D eigenvalue weighted by Gasteiger charge is 2.22. The number of carbonyl (C=O) groups excluding carboxylic acids is 1. The minimum atomic E-state index is -0.640. The van der Waals surface area contributed by atoms with Crippen LogP contribution in [0.1, 0.15) is 41.0 Å². The van der Waals surface area contributed by atoms with Crippen molar-refractivity contribution in [3.05, 3.63) is 0 Å². The fraction of sp³-hybridized carbons (Fsp3) is 0.769. The Hall–Kier alpha value is -1.01. The lowest BCUT2D eigenvalue weighted by Crippen LogP contribution is -2.29. The van der Waals surface area contributed by atoms with Crippen LogP contribution >= 0.6 is 0 Å². The smallest absolute Gasteiger partial charge is 0.304 e. The molecule has 0 radical (unpaired) electrons. The first-order valence-electron chi connectivity index (χ1n) is 5.89. The summed E-state index contributed by atoms with van der Waals surface area (Å²) >= 11 is 0. The van der Waals surface area contributed by atoms with Gasteiger partial charge in [-0.05, 0) is 26.4 Å². The zero-order valence-electron chi connectivity index (χ0n) is 11.1. The SMILES string of the molecule is CCN(CC)CC#C[C@@](C)(CC)OC(C)=O. The third-order valence-corrected chi connectivity index (χ3v) is 2.59. The monoisotopic (exact) mass is 225 g/mol. The van der Waals surface area contributed by atoms with Gasteiger partial charge < -0.3 is 4.74 Å². The summed E-state index contributed by atoms with van der Waals surface area (Å²) in [6.07, 6.45) is 0.706. The van der Waals surface area contributed by atoms with E-state index >= 15 is 0 Å². The Kier molecular flexibility index (Phi) is 6.83. The molecule has 0 aliphatic heterocycles. The summed E-state index contributed by atoms with van der Waals surface area (Å²) in [6, 6.07) is 0. The molecule has 0 spiro atoms. The molecule has 0 N–H and O–H groups in total. The van der Waals surface area contributed by atoms with Gasteiger partial charge in [0.1, 0.15) is 0 Å². The van der Waals surface area contributed by atoms with Gasteiger partial charge in [-0.25, -0.2) is 0 Å². The molecule has 3 nitrogen and oxygen atoms in total. The zero-order valence-corrected chi connectivity index (χ0v) is 11.1. The lowest BCUT2D eigenvalue weighted by Gasteiger charge is -2.21. The molecule has 0 aromatic heterocycles. The van der Waals surface area contributed by atoms with Gasteiger partial charge in [-0.3, -0.25) is 9.69 Å². The van der Waals surface area contributed by atoms with E-state index in [-0.39, 0.29) is 5.97 Å². The third kappa shape index (κ3) is 5.77. The van der Waals surface area contributed by atoms with E-state index in [1.165, 1.54) is 6.92 Å². The van der Waals surface area contributed by atoms with Crippen molar-refractivity contribution in [2.24, 2.45) is 0 Å². The summed E-state index contributed by atoms with van der Waals surface area (Å²) in [5.41, 5.74) is -0.640. The first-order chi connectivity index (χ1) is 7.47. The highest BCUT2D eigenvalue weighted by atomic mass is 16.6. The summed E-state index contributed by atoms with van der Waals surface area (Å²) < 4.78 is 5.21. The Bertz CT molecular complexity index is 273. The van der Waals surface area contributed by atoms with E-state index < -0.39 is 5.60 Å². The fourth-order valence-electron chi connectivity index (χ4n) is 1.29. The van der Waals surface area contributed by atoms with E-state index in [4.69, 9.17) is 4.74 Å². The van der Waals surface area contributed by atoms with Gasteiger partial charge >= 0.3 is 5.97 Å². The van der Waals surface area contributed by atoms with Gasteiger partial charge in [-0.15, -0.1) is 0 Å². The molecular weight excluding hydrogens is 202 g/mol. The van der Waals surface area contributed by atoms with Crippen LogP contribution in [0.3, 0.4) is 0 Å². The second-order valence-corrected chi connectivity index (χ2v) is 3.94. The van der Waals surface area contributed by atoms with Crippen molar-refractivity contribution in [1.82, 2.24) is 4.90 Å². The summed E-state index contributed by atoms with van der Waals surface area (Å²) in [4.78, 5) is 13.1. The van der Waals surface area contributed by atoms with Crippen LogP contribution in [0.5, 0.6) is 0 Å². The first kappa shape index (κ1) is 15.0. The van der Waals surface area contributed by atoms with Crippen LogP contribution in [0, 0.1) is 11.8 Å². The fourth-order valence-corrected chi connectivity index (χ4v) is 1.29. The summed E-state index contributed by atoms with van der Waals surface area (Å²) in [5, 5.41) is 0. The maximum atomic E-state index is 10.9. The minimum absolute atomic E-state index is 0.276. The van der Waals surface area contributed by atoms with Gasteiger partial charge in [-0.1, -0.05) is 32.6 Å². The van der Waals surface area contributed by atoms with Crippen LogP contribution in [0.25, 0.3) is 0 Å². The second-order valence-electron chi connectivity index (χ2n) is 3.94. The van der Waals surface area contributed by atoms with Crippen LogP contribution in [0.4, 0.5) is 0 Å². The molecule has 0 rings (SSSR count). The lowest BCUT2D eigenvalue weighted by molar-refractivity contribution is -0.150. The summed E-state index contributed by atoms with van der Waals surface area (Å²) in [7, 11) is 0. The normalized spacial score (nSPS) is 13.9. The van der Waals surface area contributed by atoms with Crippen LogP contribution < -0.4 is 0 Å². The molecule has 0 heterocycles. The van der Waals surface area contributed by atoms with Crippen molar-refractivity contribution in [3.8, 4) is 11.8 Å². The van der Waals surface area contributed by atoms with Gasteiger partial charge in [0.15, 0.2) is 5.60 Å². The highest BCUT2D eigenvalue weighted by molar-refractivity contribution is 5.67. The summed E-state index contributed by atoms with van der Waals surface area (Å²) in [6.45, 7) is 12.2. The summed E-state index contributed by atoms with van der Waals surface area (Å²) in [5.74, 6) is 5.85. The van der Waals surface area contributed by atoms with Crippen molar-refractivity contribution in [3.63, 3.8) is 0 Å². The van der Waals surface area contributed by atoms with Gasteiger partial charge in [0.25, 0.3) is 0 Å². The molecule has 0 aromatic rings. The average molecular weight is 225 g/mol. The Morgan fingerprint density at radius 3 is 2.25 bits per heavy atom. The van der Waals surface area contributed by atoms with Gasteiger partial charge in [0.2, 0.25) is 0 Å². The lowest BCUT2D eigenvalue weighted by atomic mass is 10.0. The Labute approximate surface area is 99.2 Å². The topological polar surface area (TPSA) is 29.5 Å². The molecular formula is C13H23NO2. The molecule has 0 saturated heterocycles. The van der Waals surface area contributed by atoms with Gasteiger partial charge in [-0.2, -0.15) is 0 Å². The number of hydrogen-bond acceptors (Lipinski definition) is 3. The van der Waals surface area contributed by atoms with Crippen LogP contribution in [-0.4, -0.2) is 36.1 Å². The molecule has 92 valence electrons. The van der Waals surface area contributed by atoms with Gasteiger partial charge in [0.05, 0.1) is 6.54 Å². The van der Waals surface area contributed by atoms with Crippen molar-refractivity contribution in [2.45, 2.75) is 46.6 Å². The van der Waals surface area contributed by atoms with Crippen molar-refractivity contribution in [1.29, 1.82) is 0 Å². The number of hydrogen-bond donors (Lipinski definition) is 0. The van der Waals surface area contributed by atoms with E-state index in [1.807, 2.05) is 13.8 Å². The number of esters is 1. The Morgan fingerprint density at radius 2 is 1.88 bits per heavy atom. The quantitative estimate of drug-likeness (QED) is 0.530. The molecule has 0 bridgehead atoms. The molecule has 0 aliphatic carbocycles. The van der Waals surface area contributed by atoms with Crippen molar-refractivity contribution < 1.29 is 9.53 Å². The molecule has 16 heavy (non-hydrogen) atoms. The molecule has 0 amide bonds. The average Bonchev–Trinajstić information content (AvgIpc) is 2.23.